The zero-order valence-corrected chi connectivity index (χ0v) is 12.0. The molecule has 0 aliphatic heterocycles. The third-order valence-corrected chi connectivity index (χ3v) is 5.60. The highest BCUT2D eigenvalue weighted by Crippen LogP contribution is 2.33. The fourth-order valence-electron chi connectivity index (χ4n) is 1.88. The second-order valence-electron chi connectivity index (χ2n) is 4.57. The summed E-state index contributed by atoms with van der Waals surface area (Å²) in [5.74, 6) is -3.92. The lowest BCUT2D eigenvalue weighted by atomic mass is 10.2. The van der Waals surface area contributed by atoms with Gasteiger partial charge in [0.05, 0.1) is 4.90 Å². The van der Waals surface area contributed by atoms with Gasteiger partial charge in [0.1, 0.15) is 4.88 Å². The number of carbonyl (C=O) groups is 1. The number of nitrogens with two attached hydrogens (primary N) is 1. The predicted octanol–water partition coefficient (Wildman–Crippen LogP) is 1.21. The molecule has 1 aromatic rings. The van der Waals surface area contributed by atoms with Crippen molar-refractivity contribution < 1.29 is 22.0 Å². The van der Waals surface area contributed by atoms with Gasteiger partial charge in [-0.15, -0.1) is 11.3 Å². The van der Waals surface area contributed by atoms with E-state index in [1.807, 2.05) is 0 Å². The molecule has 9 heteroatoms. The van der Waals surface area contributed by atoms with Crippen LogP contribution in [0.25, 0.3) is 0 Å². The Kier molecular flexibility index (Phi) is 4.40. The molecule has 0 radical (unpaired) electrons. The van der Waals surface area contributed by atoms with E-state index in [9.17, 15) is 22.0 Å². The molecule has 1 aromatic heterocycles. The molecule has 20 heavy (non-hydrogen) atoms. The Morgan fingerprint density at radius 3 is 2.65 bits per heavy atom. The number of rotatable bonds is 6. The summed E-state index contributed by atoms with van der Waals surface area (Å²) in [6.45, 7) is 0.235. The molecule has 1 heterocycles. The maximum Gasteiger partial charge on any atom is 0.341 e. The van der Waals surface area contributed by atoms with Gasteiger partial charge >= 0.3 is 5.76 Å². The Bertz CT molecular complexity index is 597. The smallest absolute Gasteiger partial charge is 0.341 e. The summed E-state index contributed by atoms with van der Waals surface area (Å²) in [7, 11) is -4.77. The number of halogens is 2. The van der Waals surface area contributed by atoms with Crippen LogP contribution < -0.4 is 11.1 Å². The van der Waals surface area contributed by atoms with Crippen LogP contribution in [0.3, 0.4) is 0 Å². The number of sulfone groups is 1. The molecule has 1 atom stereocenters. The third-order valence-electron chi connectivity index (χ3n) is 3.14. The fourth-order valence-corrected chi connectivity index (χ4v) is 3.95. The Morgan fingerprint density at radius 1 is 1.50 bits per heavy atom. The monoisotopic (exact) mass is 324 g/mol. The molecule has 0 spiro atoms. The Labute approximate surface area is 119 Å². The van der Waals surface area contributed by atoms with Crippen LogP contribution in [-0.4, -0.2) is 32.7 Å². The van der Waals surface area contributed by atoms with Crippen LogP contribution in [0.5, 0.6) is 0 Å². The first-order valence-corrected chi connectivity index (χ1v) is 8.41. The van der Waals surface area contributed by atoms with Gasteiger partial charge in [-0.1, -0.05) is 0 Å². The van der Waals surface area contributed by atoms with E-state index in [1.54, 1.807) is 0 Å². The molecule has 1 saturated carbocycles. The molecule has 1 aliphatic carbocycles. The second-order valence-corrected chi connectivity index (χ2v) is 7.38. The van der Waals surface area contributed by atoms with Crippen LogP contribution in [0, 0.1) is 5.92 Å². The summed E-state index contributed by atoms with van der Waals surface area (Å²) < 4.78 is 48.0. The first-order chi connectivity index (χ1) is 9.37. The normalized spacial score (nSPS) is 17.2. The van der Waals surface area contributed by atoms with Crippen molar-refractivity contribution in [3.63, 3.8) is 0 Å². The van der Waals surface area contributed by atoms with E-state index >= 15 is 0 Å². The van der Waals surface area contributed by atoms with Crippen molar-refractivity contribution in [1.29, 1.82) is 0 Å². The molecule has 0 aromatic carbocycles. The van der Waals surface area contributed by atoms with E-state index in [-0.39, 0.29) is 17.5 Å². The highest BCUT2D eigenvalue weighted by Gasteiger charge is 2.35. The third kappa shape index (κ3) is 2.99. The van der Waals surface area contributed by atoms with E-state index in [0.29, 0.717) is 5.92 Å². The Balaban J connectivity index is 2.21. The molecular formula is C11H14F2N2O3S2. The molecule has 0 bridgehead atoms. The largest absolute Gasteiger partial charge is 0.347 e. The van der Waals surface area contributed by atoms with E-state index < -0.39 is 26.4 Å². The van der Waals surface area contributed by atoms with Crippen LogP contribution in [0.1, 0.15) is 22.5 Å². The minimum Gasteiger partial charge on any atom is -0.347 e. The standard InChI is InChI=1S/C11H14F2N2O3S2/c12-11(13)20(17,18)8-3-4-19-9(8)10(16)15-7(5-14)6-1-2-6/h3-4,6-7,11H,1-2,5,14H2,(H,15,16). The van der Waals surface area contributed by atoms with E-state index in [1.165, 1.54) is 5.38 Å². The molecule has 1 aliphatic rings. The fraction of sp³-hybridized carbons (Fsp3) is 0.545. The van der Waals surface area contributed by atoms with Crippen LogP contribution >= 0.6 is 11.3 Å². The minimum atomic E-state index is -4.77. The van der Waals surface area contributed by atoms with Crippen molar-refractivity contribution in [2.45, 2.75) is 29.5 Å². The Morgan fingerprint density at radius 2 is 2.15 bits per heavy atom. The maximum atomic E-state index is 12.6. The van der Waals surface area contributed by atoms with E-state index in [0.717, 1.165) is 30.2 Å². The van der Waals surface area contributed by atoms with Gasteiger partial charge in [0.15, 0.2) is 0 Å². The first kappa shape index (κ1) is 15.3. The number of hydrogen-bond donors (Lipinski definition) is 2. The van der Waals surface area contributed by atoms with Crippen molar-refractivity contribution in [1.82, 2.24) is 5.32 Å². The molecule has 0 saturated heterocycles. The summed E-state index contributed by atoms with van der Waals surface area (Å²) in [5.41, 5.74) is 5.54. The lowest BCUT2D eigenvalue weighted by Crippen LogP contribution is -2.41. The molecule has 3 N–H and O–H groups in total. The summed E-state index contributed by atoms with van der Waals surface area (Å²) in [4.78, 5) is 11.2. The molecular weight excluding hydrogens is 310 g/mol. The quantitative estimate of drug-likeness (QED) is 0.823. The second kappa shape index (κ2) is 5.74. The van der Waals surface area contributed by atoms with Gasteiger partial charge in [0, 0.05) is 12.6 Å². The number of alkyl halides is 2. The van der Waals surface area contributed by atoms with Gasteiger partial charge in [-0.25, -0.2) is 8.42 Å². The van der Waals surface area contributed by atoms with Gasteiger partial charge in [-0.3, -0.25) is 4.79 Å². The van der Waals surface area contributed by atoms with Crippen molar-refractivity contribution in [2.24, 2.45) is 11.7 Å². The van der Waals surface area contributed by atoms with E-state index in [4.69, 9.17) is 5.73 Å². The Hall–Kier alpha value is -1.06. The van der Waals surface area contributed by atoms with Crippen molar-refractivity contribution >= 4 is 27.1 Å². The number of nitrogens with one attached hydrogen (secondary N) is 1. The number of hydrogen-bond acceptors (Lipinski definition) is 5. The summed E-state index contributed by atoms with van der Waals surface area (Å²) in [6.07, 6.45) is 1.91. The molecule has 2 rings (SSSR count). The molecule has 1 unspecified atom stereocenters. The zero-order chi connectivity index (χ0) is 14.9. The lowest BCUT2D eigenvalue weighted by molar-refractivity contribution is 0.0934. The van der Waals surface area contributed by atoms with Crippen LogP contribution in [0.4, 0.5) is 8.78 Å². The van der Waals surface area contributed by atoms with Gasteiger partial charge in [0.25, 0.3) is 5.91 Å². The van der Waals surface area contributed by atoms with E-state index in [2.05, 4.69) is 5.32 Å². The summed E-state index contributed by atoms with van der Waals surface area (Å²) >= 11 is 0.821. The number of thiophene rings is 1. The highest BCUT2D eigenvalue weighted by atomic mass is 32.2. The molecule has 1 fully saturated rings. The predicted molar refractivity (Wildman–Crippen MR) is 70.5 cm³/mol. The van der Waals surface area contributed by atoms with Gasteiger partial charge in [-0.05, 0) is 30.2 Å². The average molecular weight is 324 g/mol. The molecule has 5 nitrogen and oxygen atoms in total. The van der Waals surface area contributed by atoms with Crippen molar-refractivity contribution in [3.8, 4) is 0 Å². The summed E-state index contributed by atoms with van der Waals surface area (Å²) in [5, 5.41) is 3.92. The van der Waals surface area contributed by atoms with Crippen LogP contribution in [-0.2, 0) is 9.84 Å². The van der Waals surface area contributed by atoms with Gasteiger partial charge in [0.2, 0.25) is 9.84 Å². The van der Waals surface area contributed by atoms with Gasteiger partial charge in [-0.2, -0.15) is 8.78 Å². The SMILES string of the molecule is NCC(NC(=O)c1sccc1S(=O)(=O)C(F)F)C1CC1. The minimum absolute atomic E-state index is 0.218. The topological polar surface area (TPSA) is 89.3 Å². The number of carbonyl (C=O) groups excluding carboxylic acids is 1. The highest BCUT2D eigenvalue weighted by molar-refractivity contribution is 7.92. The van der Waals surface area contributed by atoms with Crippen molar-refractivity contribution in [3.05, 3.63) is 16.3 Å². The average Bonchev–Trinajstić information content (AvgIpc) is 3.10. The van der Waals surface area contributed by atoms with Crippen LogP contribution in [0.15, 0.2) is 16.3 Å². The van der Waals surface area contributed by atoms with Gasteiger partial charge < -0.3 is 11.1 Å². The molecule has 1 amide bonds. The van der Waals surface area contributed by atoms with Crippen molar-refractivity contribution in [2.75, 3.05) is 6.54 Å². The van der Waals surface area contributed by atoms with Crippen LogP contribution in [0.2, 0.25) is 0 Å². The number of amides is 1. The first-order valence-electron chi connectivity index (χ1n) is 5.98. The maximum absolute atomic E-state index is 12.6. The summed E-state index contributed by atoms with van der Waals surface area (Å²) in [6, 6.07) is 0.780. The lowest BCUT2D eigenvalue weighted by Gasteiger charge is -2.15. The molecule has 112 valence electrons. The zero-order valence-electron chi connectivity index (χ0n) is 10.4.